The third-order valence-electron chi connectivity index (χ3n) is 3.65. The predicted octanol–water partition coefficient (Wildman–Crippen LogP) is -2.28. The van der Waals surface area contributed by atoms with Gasteiger partial charge in [0.1, 0.15) is 18.1 Å². The number of primary amides is 1. The second-order valence-corrected chi connectivity index (χ2v) is 7.15. The largest absolute Gasteiger partial charge is 0.480 e. The summed E-state index contributed by atoms with van der Waals surface area (Å²) in [6, 6.07) is -4.48. The van der Waals surface area contributed by atoms with Gasteiger partial charge in [-0.25, -0.2) is 4.79 Å². The first-order valence-corrected chi connectivity index (χ1v) is 9.30. The van der Waals surface area contributed by atoms with Crippen LogP contribution in [0.1, 0.15) is 33.6 Å². The summed E-state index contributed by atoms with van der Waals surface area (Å²) in [4.78, 5) is 58.4. The molecule has 0 aromatic carbocycles. The molecule has 0 saturated heterocycles. The fraction of sp³-hybridized carbons (Fsp3) is 0.688. The van der Waals surface area contributed by atoms with Gasteiger partial charge in [-0.1, -0.05) is 13.8 Å². The lowest BCUT2D eigenvalue weighted by Gasteiger charge is -2.23. The highest BCUT2D eigenvalue weighted by Gasteiger charge is 2.28. The number of aliphatic carboxylic acids is 1. The second kappa shape index (κ2) is 12.2. The molecule has 11 nitrogen and oxygen atoms in total. The van der Waals surface area contributed by atoms with E-state index in [1.807, 2.05) is 13.8 Å². The third-order valence-corrected chi connectivity index (χ3v) is 4.01. The topological polar surface area (TPSA) is 194 Å². The molecule has 0 spiro atoms. The maximum atomic E-state index is 12.3. The zero-order chi connectivity index (χ0) is 22.0. The Labute approximate surface area is 168 Å². The fourth-order valence-electron chi connectivity index (χ4n) is 2.15. The van der Waals surface area contributed by atoms with Gasteiger partial charge >= 0.3 is 5.97 Å². The molecule has 0 bridgehead atoms. The molecule has 0 heterocycles. The van der Waals surface area contributed by atoms with Crippen molar-refractivity contribution in [3.05, 3.63) is 0 Å². The summed E-state index contributed by atoms with van der Waals surface area (Å²) in [5, 5.41) is 16.2. The Morgan fingerprint density at radius 1 is 0.929 bits per heavy atom. The lowest BCUT2D eigenvalue weighted by Crippen LogP contribution is -2.57. The van der Waals surface area contributed by atoms with E-state index < -0.39 is 53.8 Å². The number of nitrogens with two attached hydrogens (primary N) is 2. The van der Waals surface area contributed by atoms with E-state index in [0.29, 0.717) is 0 Å². The van der Waals surface area contributed by atoms with Crippen LogP contribution in [0.15, 0.2) is 0 Å². The highest BCUT2D eigenvalue weighted by Crippen LogP contribution is 2.05. The van der Waals surface area contributed by atoms with Crippen LogP contribution in [0.3, 0.4) is 0 Å². The van der Waals surface area contributed by atoms with E-state index in [0.717, 1.165) is 0 Å². The normalized spacial score (nSPS) is 15.1. The highest BCUT2D eigenvalue weighted by atomic mass is 32.1. The molecule has 0 aliphatic carbocycles. The smallest absolute Gasteiger partial charge is 0.326 e. The summed E-state index contributed by atoms with van der Waals surface area (Å²) >= 11 is 4.00. The number of carbonyl (C=O) groups is 5. The fourth-order valence-corrected chi connectivity index (χ4v) is 2.41. The Morgan fingerprint density at radius 2 is 1.46 bits per heavy atom. The number of rotatable bonds is 12. The number of hydrogen-bond donors (Lipinski definition) is 7. The van der Waals surface area contributed by atoms with Crippen LogP contribution < -0.4 is 27.4 Å². The van der Waals surface area contributed by atoms with Crippen molar-refractivity contribution in [3.63, 3.8) is 0 Å². The third kappa shape index (κ3) is 9.55. The number of hydrogen-bond acceptors (Lipinski definition) is 7. The van der Waals surface area contributed by atoms with Crippen molar-refractivity contribution in [2.45, 2.75) is 57.8 Å². The Kier molecular flexibility index (Phi) is 11.2. The first-order valence-electron chi connectivity index (χ1n) is 8.67. The molecule has 0 rings (SSSR count). The van der Waals surface area contributed by atoms with Crippen molar-refractivity contribution in [2.75, 3.05) is 5.75 Å². The van der Waals surface area contributed by atoms with Gasteiger partial charge in [0.15, 0.2) is 0 Å². The Bertz CT molecular complexity index is 600. The molecular formula is C16H29N5O6S. The number of amides is 4. The Hall–Kier alpha value is -2.34. The summed E-state index contributed by atoms with van der Waals surface area (Å²) < 4.78 is 0. The van der Waals surface area contributed by atoms with Crippen LogP contribution in [0, 0.1) is 5.92 Å². The maximum absolute atomic E-state index is 12.3. The first kappa shape index (κ1) is 25.7. The lowest BCUT2D eigenvalue weighted by molar-refractivity contribution is -0.142. The minimum absolute atomic E-state index is 0.0327. The van der Waals surface area contributed by atoms with Gasteiger partial charge in [0, 0.05) is 5.75 Å². The van der Waals surface area contributed by atoms with Gasteiger partial charge in [0.2, 0.25) is 23.6 Å². The molecule has 12 heteroatoms. The van der Waals surface area contributed by atoms with Crippen LogP contribution in [0.25, 0.3) is 0 Å². The summed E-state index contributed by atoms with van der Waals surface area (Å²) in [7, 11) is 0. The highest BCUT2D eigenvalue weighted by molar-refractivity contribution is 7.80. The van der Waals surface area contributed by atoms with Gasteiger partial charge in [-0.15, -0.1) is 0 Å². The summed E-state index contributed by atoms with van der Waals surface area (Å²) in [5.41, 5.74) is 10.4. The van der Waals surface area contributed by atoms with Gasteiger partial charge in [-0.3, -0.25) is 19.2 Å². The molecular weight excluding hydrogens is 390 g/mol. The monoisotopic (exact) mass is 419 g/mol. The number of carbonyl (C=O) groups excluding carboxylic acids is 4. The average Bonchev–Trinajstić information content (AvgIpc) is 2.57. The van der Waals surface area contributed by atoms with Crippen molar-refractivity contribution in [1.82, 2.24) is 16.0 Å². The van der Waals surface area contributed by atoms with Crippen molar-refractivity contribution >= 4 is 42.2 Å². The molecule has 160 valence electrons. The van der Waals surface area contributed by atoms with E-state index in [9.17, 15) is 29.1 Å². The number of carboxylic acid groups (broad SMARTS) is 1. The van der Waals surface area contributed by atoms with Crippen LogP contribution in [-0.2, 0) is 24.0 Å². The Morgan fingerprint density at radius 3 is 1.89 bits per heavy atom. The molecule has 0 radical (unpaired) electrons. The minimum atomic E-state index is -1.20. The van der Waals surface area contributed by atoms with Crippen LogP contribution in [-0.4, -0.2) is 64.6 Å². The molecule has 4 unspecified atom stereocenters. The molecule has 0 aromatic heterocycles. The number of thiol groups is 1. The summed E-state index contributed by atoms with van der Waals surface area (Å²) in [6.07, 6.45) is -0.160. The molecule has 0 aliphatic heterocycles. The maximum Gasteiger partial charge on any atom is 0.326 e. The van der Waals surface area contributed by atoms with Gasteiger partial charge < -0.3 is 32.5 Å². The lowest BCUT2D eigenvalue weighted by atomic mass is 10.0. The molecule has 0 aliphatic rings. The van der Waals surface area contributed by atoms with E-state index >= 15 is 0 Å². The first-order chi connectivity index (χ1) is 12.9. The van der Waals surface area contributed by atoms with Crippen LogP contribution in [0.5, 0.6) is 0 Å². The number of nitrogens with one attached hydrogen (secondary N) is 3. The SMILES string of the molecule is CC(C)CC(NC(=O)C(CS)NC(=O)C(C)NC(=O)C(N)CC(N)=O)C(=O)O. The predicted molar refractivity (Wildman–Crippen MR) is 104 cm³/mol. The second-order valence-electron chi connectivity index (χ2n) is 6.78. The van der Waals surface area contributed by atoms with E-state index in [1.54, 1.807) is 0 Å². The van der Waals surface area contributed by atoms with Gasteiger partial charge in [0.05, 0.1) is 12.5 Å². The van der Waals surface area contributed by atoms with Crippen molar-refractivity contribution < 1.29 is 29.1 Å². The van der Waals surface area contributed by atoms with Crippen LogP contribution in [0.2, 0.25) is 0 Å². The van der Waals surface area contributed by atoms with Gasteiger partial charge in [-0.05, 0) is 19.3 Å². The van der Waals surface area contributed by atoms with E-state index in [4.69, 9.17) is 11.5 Å². The molecule has 4 atom stereocenters. The van der Waals surface area contributed by atoms with Crippen LogP contribution >= 0.6 is 12.6 Å². The average molecular weight is 420 g/mol. The van der Waals surface area contributed by atoms with Crippen molar-refractivity contribution in [1.29, 1.82) is 0 Å². The zero-order valence-electron chi connectivity index (χ0n) is 16.1. The molecule has 8 N–H and O–H groups in total. The van der Waals surface area contributed by atoms with Crippen LogP contribution in [0.4, 0.5) is 0 Å². The standard InChI is InChI=1S/C16H29N5O6S/c1-7(2)4-10(16(26)27)20-15(25)11(6-28)21-13(23)8(3)19-14(24)9(17)5-12(18)22/h7-11,28H,4-6,17H2,1-3H3,(H2,18,22)(H,19,24)(H,20,25)(H,21,23)(H,26,27). The van der Waals surface area contributed by atoms with E-state index in [2.05, 4.69) is 28.6 Å². The Balaban J connectivity index is 4.83. The molecule has 4 amide bonds. The van der Waals surface area contributed by atoms with E-state index in [-0.39, 0.29) is 24.5 Å². The van der Waals surface area contributed by atoms with Gasteiger partial charge in [0.25, 0.3) is 0 Å². The molecule has 0 aromatic rings. The molecule has 0 saturated carbocycles. The minimum Gasteiger partial charge on any atom is -0.480 e. The molecule has 0 fully saturated rings. The van der Waals surface area contributed by atoms with Gasteiger partial charge in [-0.2, -0.15) is 12.6 Å². The zero-order valence-corrected chi connectivity index (χ0v) is 17.0. The number of carboxylic acids is 1. The summed E-state index contributed by atoms with van der Waals surface area (Å²) in [6.45, 7) is 4.98. The van der Waals surface area contributed by atoms with Crippen molar-refractivity contribution in [3.8, 4) is 0 Å². The van der Waals surface area contributed by atoms with E-state index in [1.165, 1.54) is 6.92 Å². The molecule has 28 heavy (non-hydrogen) atoms. The quantitative estimate of drug-likeness (QED) is 0.173. The van der Waals surface area contributed by atoms with Crippen molar-refractivity contribution in [2.24, 2.45) is 17.4 Å². The summed E-state index contributed by atoms with van der Waals surface area (Å²) in [5.74, 6) is -4.17.